The van der Waals surface area contributed by atoms with Gasteiger partial charge in [0, 0.05) is 25.2 Å². The first-order chi connectivity index (χ1) is 18.7. The fraction of sp³-hybridized carbons (Fsp3) is 0.448. The molecular weight excluding hydrogens is 496 g/mol. The van der Waals surface area contributed by atoms with Crippen molar-refractivity contribution in [1.29, 1.82) is 0 Å². The second-order valence-electron chi connectivity index (χ2n) is 10.6. The number of ether oxygens (including phenoxy) is 2. The van der Waals surface area contributed by atoms with E-state index in [4.69, 9.17) is 9.47 Å². The molecule has 0 aliphatic carbocycles. The van der Waals surface area contributed by atoms with Crippen LogP contribution in [0.25, 0.3) is 22.1 Å². The maximum atomic E-state index is 13.9. The summed E-state index contributed by atoms with van der Waals surface area (Å²) in [5.74, 6) is 1.39. The van der Waals surface area contributed by atoms with E-state index in [0.29, 0.717) is 23.7 Å². The molecule has 0 amide bonds. The molecule has 2 aromatic heterocycles. The lowest BCUT2D eigenvalue weighted by atomic mass is 10.0. The predicted molar refractivity (Wildman–Crippen MR) is 148 cm³/mol. The molecule has 1 aliphatic heterocycles. The van der Waals surface area contributed by atoms with Crippen LogP contribution in [0.4, 0.5) is 0 Å². The third-order valence-electron chi connectivity index (χ3n) is 7.77. The number of carbonyl (C=O) groups excluding carboxylic acids is 2. The van der Waals surface area contributed by atoms with Gasteiger partial charge in [0.15, 0.2) is 11.0 Å². The van der Waals surface area contributed by atoms with E-state index in [9.17, 15) is 9.59 Å². The number of likely N-dealkylation sites (tertiary alicyclic amines) is 1. The first-order valence-electron chi connectivity index (χ1n) is 13.4. The molecule has 1 aliphatic rings. The quantitative estimate of drug-likeness (QED) is 0.305. The van der Waals surface area contributed by atoms with Gasteiger partial charge in [0.1, 0.15) is 30.5 Å². The Labute approximate surface area is 228 Å². The molecule has 0 saturated carbocycles. The molecule has 0 radical (unpaired) electrons. The van der Waals surface area contributed by atoms with Crippen molar-refractivity contribution < 1.29 is 23.6 Å². The van der Waals surface area contributed by atoms with Crippen molar-refractivity contribution in [2.45, 2.75) is 45.9 Å². The van der Waals surface area contributed by atoms with Crippen LogP contribution in [0.3, 0.4) is 0 Å². The van der Waals surface area contributed by atoms with Crippen LogP contribution < -0.4 is 14.0 Å². The van der Waals surface area contributed by atoms with E-state index in [0.717, 1.165) is 36.1 Å². The topological polar surface area (TPSA) is 85.7 Å². The average molecular weight is 534 g/mol. The number of methoxy groups -OCH3 is 2. The number of fused-ring (bicyclic) bond motifs is 2. The summed E-state index contributed by atoms with van der Waals surface area (Å²) in [6.07, 6.45) is 4.55. The van der Waals surface area contributed by atoms with Gasteiger partial charge in [0.25, 0.3) is 6.33 Å². The van der Waals surface area contributed by atoms with E-state index in [-0.39, 0.29) is 23.8 Å². The second kappa shape index (κ2) is 10.8. The number of imidazole rings is 2. The van der Waals surface area contributed by atoms with Crippen LogP contribution in [0.2, 0.25) is 0 Å². The van der Waals surface area contributed by atoms with Crippen molar-refractivity contribution >= 4 is 33.9 Å². The normalized spacial score (nSPS) is 15.6. The summed E-state index contributed by atoms with van der Waals surface area (Å²) in [4.78, 5) is 36.0. The van der Waals surface area contributed by atoms with E-state index in [1.165, 1.54) is 0 Å². The highest BCUT2D eigenvalue weighted by molar-refractivity contribution is 5.94. The SMILES string of the molecule is COc1ccc2c(c1)ncn2C(=O)C(C(C)C)N(C)C[n+]1cn(C(=O)C(C)N2CCC2)c2ccc(OC)cc21. The third-order valence-corrected chi connectivity index (χ3v) is 7.77. The molecule has 0 bridgehead atoms. The summed E-state index contributed by atoms with van der Waals surface area (Å²) in [6.45, 7) is 8.32. The average Bonchev–Trinajstić information content (AvgIpc) is 3.47. The largest absolute Gasteiger partial charge is 0.497 e. The minimum absolute atomic E-state index is 0.0229. The van der Waals surface area contributed by atoms with Crippen molar-refractivity contribution in [3.63, 3.8) is 0 Å². The standard InChI is InChI=1S/C29H37N6O4/c1-19(2)27(29(37)34-16-30-23-14-21(38-5)8-10-24(23)34)31(4)17-33-18-35(28(36)20(3)32-12-7-13-32)25-11-9-22(39-6)15-26(25)33/h8-11,14-16,18-20,27H,7,12-13,17H2,1-6H3/q+1. The van der Waals surface area contributed by atoms with Gasteiger partial charge < -0.3 is 9.47 Å². The Balaban J connectivity index is 1.48. The first-order valence-corrected chi connectivity index (χ1v) is 13.4. The highest BCUT2D eigenvalue weighted by Crippen LogP contribution is 2.24. The summed E-state index contributed by atoms with van der Waals surface area (Å²) in [6, 6.07) is 10.6. The van der Waals surface area contributed by atoms with Crippen molar-refractivity contribution in [2.75, 3.05) is 34.4 Å². The third kappa shape index (κ3) is 4.90. The van der Waals surface area contributed by atoms with E-state index < -0.39 is 6.04 Å². The fourth-order valence-corrected chi connectivity index (χ4v) is 5.45. The molecule has 1 saturated heterocycles. The Morgan fingerprint density at radius 2 is 1.64 bits per heavy atom. The zero-order valence-corrected chi connectivity index (χ0v) is 23.5. The number of rotatable bonds is 9. The van der Waals surface area contributed by atoms with E-state index in [1.54, 1.807) is 29.7 Å². The molecule has 5 rings (SSSR count). The minimum Gasteiger partial charge on any atom is -0.497 e. The molecule has 0 spiro atoms. The molecular formula is C29H37N6O4+. The maximum Gasteiger partial charge on any atom is 0.331 e. The molecule has 0 N–H and O–H groups in total. The molecule has 10 nitrogen and oxygen atoms in total. The van der Waals surface area contributed by atoms with Crippen molar-refractivity contribution in [1.82, 2.24) is 23.9 Å². The van der Waals surface area contributed by atoms with Crippen LogP contribution in [0, 0.1) is 5.92 Å². The summed E-state index contributed by atoms with van der Waals surface area (Å²) in [5, 5.41) is 0. The highest BCUT2D eigenvalue weighted by atomic mass is 16.5. The van der Waals surface area contributed by atoms with Gasteiger partial charge in [-0.05, 0) is 50.6 Å². The van der Waals surface area contributed by atoms with Crippen LogP contribution >= 0.6 is 0 Å². The minimum atomic E-state index is -0.434. The highest BCUT2D eigenvalue weighted by Gasteiger charge is 2.34. The Bertz CT molecular complexity index is 1520. The Hall–Kier alpha value is -3.76. The van der Waals surface area contributed by atoms with Crippen LogP contribution in [0.5, 0.6) is 11.5 Å². The number of benzene rings is 2. The Kier molecular flexibility index (Phi) is 7.42. The van der Waals surface area contributed by atoms with Gasteiger partial charge in [0.2, 0.25) is 5.91 Å². The molecule has 2 unspecified atom stereocenters. The summed E-state index contributed by atoms with van der Waals surface area (Å²) in [7, 11) is 5.17. The summed E-state index contributed by atoms with van der Waals surface area (Å²) < 4.78 is 16.2. The zero-order chi connectivity index (χ0) is 27.8. The van der Waals surface area contributed by atoms with Gasteiger partial charge in [0.05, 0.1) is 31.3 Å². The fourth-order valence-electron chi connectivity index (χ4n) is 5.45. The van der Waals surface area contributed by atoms with E-state index in [2.05, 4.69) is 9.88 Å². The monoisotopic (exact) mass is 533 g/mol. The Morgan fingerprint density at radius 3 is 2.26 bits per heavy atom. The first kappa shape index (κ1) is 26.8. The molecule has 1 fully saturated rings. The van der Waals surface area contributed by atoms with Crippen LogP contribution in [-0.4, -0.2) is 82.2 Å². The van der Waals surface area contributed by atoms with Gasteiger partial charge in [-0.2, -0.15) is 4.57 Å². The van der Waals surface area contributed by atoms with Gasteiger partial charge >= 0.3 is 5.91 Å². The van der Waals surface area contributed by atoms with Crippen molar-refractivity contribution in [2.24, 2.45) is 5.92 Å². The van der Waals surface area contributed by atoms with Gasteiger partial charge in [-0.1, -0.05) is 13.8 Å². The van der Waals surface area contributed by atoms with E-state index in [1.807, 2.05) is 80.0 Å². The molecule has 2 aromatic carbocycles. The molecule has 10 heteroatoms. The summed E-state index contributed by atoms with van der Waals surface area (Å²) >= 11 is 0. The number of aromatic nitrogens is 4. The lowest BCUT2D eigenvalue weighted by Gasteiger charge is -2.34. The molecule has 4 aromatic rings. The van der Waals surface area contributed by atoms with Crippen molar-refractivity contribution in [3.8, 4) is 11.5 Å². The Morgan fingerprint density at radius 1 is 0.974 bits per heavy atom. The number of hydrogen-bond acceptors (Lipinski definition) is 7. The molecule has 206 valence electrons. The summed E-state index contributed by atoms with van der Waals surface area (Å²) in [5.41, 5.74) is 3.11. The van der Waals surface area contributed by atoms with Gasteiger partial charge in [-0.25, -0.2) is 14.3 Å². The lowest BCUT2D eigenvalue weighted by molar-refractivity contribution is -0.691. The molecule has 3 heterocycles. The zero-order valence-electron chi connectivity index (χ0n) is 23.5. The number of nitrogens with zero attached hydrogens (tertiary/aromatic N) is 6. The van der Waals surface area contributed by atoms with Crippen LogP contribution in [0.1, 0.15) is 36.8 Å². The second-order valence-corrected chi connectivity index (χ2v) is 10.6. The molecule has 39 heavy (non-hydrogen) atoms. The van der Waals surface area contributed by atoms with Gasteiger partial charge in [-0.3, -0.25) is 19.2 Å². The number of carbonyl (C=O) groups is 2. The predicted octanol–water partition coefficient (Wildman–Crippen LogP) is 3.28. The maximum absolute atomic E-state index is 13.9. The van der Waals surface area contributed by atoms with Gasteiger partial charge in [-0.15, -0.1) is 0 Å². The molecule has 2 atom stereocenters. The van der Waals surface area contributed by atoms with Crippen LogP contribution in [-0.2, 0) is 6.67 Å². The smallest absolute Gasteiger partial charge is 0.331 e. The van der Waals surface area contributed by atoms with E-state index >= 15 is 0 Å². The lowest BCUT2D eigenvalue weighted by Crippen LogP contribution is -2.52. The number of likely N-dealkylation sites (N-methyl/N-ethyl adjacent to an activating group) is 1. The van der Waals surface area contributed by atoms with Crippen molar-refractivity contribution in [3.05, 3.63) is 49.1 Å². The van der Waals surface area contributed by atoms with Crippen LogP contribution in [0.15, 0.2) is 49.1 Å². The number of hydrogen-bond donors (Lipinski definition) is 0.